The molecule has 0 spiro atoms. The molecule has 1 amide bonds. The molecule has 4 atom stereocenters. The lowest BCUT2D eigenvalue weighted by molar-refractivity contribution is -0.0247. The summed E-state index contributed by atoms with van der Waals surface area (Å²) in [5.74, 6) is 1.26. The van der Waals surface area contributed by atoms with Crippen LogP contribution >= 0.6 is 11.6 Å². The maximum Gasteiger partial charge on any atom is 0.264 e. The Kier molecular flexibility index (Phi) is 9.62. The number of aryl methyl sites for hydroxylation is 2. The number of rotatable bonds is 3. The molecule has 4 aliphatic rings. The van der Waals surface area contributed by atoms with Gasteiger partial charge in [-0.25, -0.2) is 18.1 Å². The number of carbonyl (C=O) groups is 1. The number of sulfonamides is 1. The van der Waals surface area contributed by atoms with Crippen LogP contribution in [0.2, 0.25) is 5.02 Å². The first-order chi connectivity index (χ1) is 23.2. The molecule has 0 radical (unpaired) electrons. The summed E-state index contributed by atoms with van der Waals surface area (Å²) >= 11 is 6.36. The van der Waals surface area contributed by atoms with Gasteiger partial charge < -0.3 is 14.4 Å². The van der Waals surface area contributed by atoms with Crippen molar-refractivity contribution in [1.82, 2.24) is 19.5 Å². The van der Waals surface area contributed by atoms with Gasteiger partial charge in [0.1, 0.15) is 30.5 Å². The van der Waals surface area contributed by atoms with Gasteiger partial charge >= 0.3 is 0 Å². The third-order valence-corrected chi connectivity index (χ3v) is 12.2. The number of benzene rings is 2. The van der Waals surface area contributed by atoms with E-state index in [-0.39, 0.29) is 17.6 Å². The maximum absolute atomic E-state index is 13.6. The van der Waals surface area contributed by atoms with Crippen LogP contribution in [-0.4, -0.2) is 53.5 Å². The van der Waals surface area contributed by atoms with Crippen molar-refractivity contribution in [2.24, 2.45) is 18.9 Å². The normalized spacial score (nSPS) is 26.3. The fraction of sp³-hybridized carbons (Fsp3) is 0.472. The highest BCUT2D eigenvalue weighted by atomic mass is 35.5. The van der Waals surface area contributed by atoms with Gasteiger partial charge in [0.05, 0.1) is 11.8 Å². The van der Waals surface area contributed by atoms with E-state index in [0.29, 0.717) is 55.0 Å². The Morgan fingerprint density at radius 1 is 1.10 bits per heavy atom. The van der Waals surface area contributed by atoms with Crippen molar-refractivity contribution in [1.29, 1.82) is 0 Å². The van der Waals surface area contributed by atoms with E-state index in [1.165, 1.54) is 5.56 Å². The molecule has 2 aliphatic carbocycles. The van der Waals surface area contributed by atoms with Gasteiger partial charge in [0.2, 0.25) is 10.0 Å². The number of nitrogens with one attached hydrogen (secondary N) is 1. The third kappa shape index (κ3) is 7.18. The van der Waals surface area contributed by atoms with Crippen LogP contribution in [0, 0.1) is 11.8 Å². The van der Waals surface area contributed by atoms with Crippen LogP contribution in [-0.2, 0) is 41.4 Å². The van der Waals surface area contributed by atoms with Gasteiger partial charge in [-0.05, 0) is 105 Å². The highest BCUT2D eigenvalue weighted by Gasteiger charge is 2.39. The van der Waals surface area contributed by atoms with Crippen LogP contribution < -0.4 is 14.4 Å². The highest BCUT2D eigenvalue weighted by molar-refractivity contribution is 7.90. The summed E-state index contributed by atoms with van der Waals surface area (Å²) in [5.41, 5.74) is 4.14. The Hall–Kier alpha value is -3.67. The first-order valence-corrected chi connectivity index (χ1v) is 18.8. The lowest BCUT2D eigenvalue weighted by atomic mass is 9.70. The molecule has 10 nitrogen and oxygen atoms in total. The van der Waals surface area contributed by atoms with Gasteiger partial charge in [0.15, 0.2) is 5.82 Å². The molecule has 0 unspecified atom stereocenters. The first-order valence-electron chi connectivity index (χ1n) is 16.9. The molecule has 254 valence electrons. The number of hydrogen-bond donors (Lipinski definition) is 1. The average molecular weight is 692 g/mol. The van der Waals surface area contributed by atoms with Crippen molar-refractivity contribution in [3.63, 3.8) is 0 Å². The lowest BCUT2D eigenvalue weighted by Crippen LogP contribution is -2.44. The Bertz CT molecular complexity index is 1840. The number of anilines is 1. The summed E-state index contributed by atoms with van der Waals surface area (Å²) < 4.78 is 44.2. The minimum Gasteiger partial charge on any atom is -0.487 e. The number of allylic oxidation sites excluding steroid dienone is 2. The van der Waals surface area contributed by atoms with Crippen molar-refractivity contribution in [3.8, 4) is 5.75 Å². The second kappa shape index (κ2) is 14.1. The van der Waals surface area contributed by atoms with Crippen LogP contribution in [0.5, 0.6) is 5.75 Å². The number of fused-ring (bicyclic) bond motifs is 4. The average Bonchev–Trinajstić information content (AvgIpc) is 3.70. The molecule has 2 aromatic carbocycles. The molecule has 2 aliphatic heterocycles. The van der Waals surface area contributed by atoms with Crippen LogP contribution in [0.15, 0.2) is 66.5 Å². The molecular formula is C36H42ClN5O5S. The fourth-order valence-electron chi connectivity index (χ4n) is 7.46. The van der Waals surface area contributed by atoms with Crippen LogP contribution in [0.4, 0.5) is 5.69 Å². The van der Waals surface area contributed by atoms with Gasteiger partial charge in [-0.3, -0.25) is 9.48 Å². The number of halogens is 1. The molecule has 3 aromatic rings. The van der Waals surface area contributed by atoms with Gasteiger partial charge in [0.25, 0.3) is 5.91 Å². The number of aromatic nitrogens is 3. The van der Waals surface area contributed by atoms with Gasteiger partial charge in [0, 0.05) is 30.7 Å². The van der Waals surface area contributed by atoms with Gasteiger partial charge in [-0.1, -0.05) is 41.5 Å². The topological polar surface area (TPSA) is 116 Å². The highest BCUT2D eigenvalue weighted by Crippen LogP contribution is 2.42. The van der Waals surface area contributed by atoms with E-state index < -0.39 is 21.2 Å². The lowest BCUT2D eigenvalue weighted by Gasteiger charge is -2.44. The zero-order chi connectivity index (χ0) is 33.3. The van der Waals surface area contributed by atoms with Crippen LogP contribution in [0.25, 0.3) is 0 Å². The minimum absolute atomic E-state index is 0.178. The van der Waals surface area contributed by atoms with Gasteiger partial charge in [-0.2, -0.15) is 5.10 Å². The predicted molar refractivity (Wildman–Crippen MR) is 184 cm³/mol. The molecule has 7 rings (SSSR count). The smallest absolute Gasteiger partial charge is 0.264 e. The zero-order valence-corrected chi connectivity index (χ0v) is 28.8. The van der Waals surface area contributed by atoms with Crippen LogP contribution in [0.1, 0.15) is 72.3 Å². The van der Waals surface area contributed by atoms with E-state index in [0.717, 1.165) is 62.0 Å². The van der Waals surface area contributed by atoms with E-state index in [1.54, 1.807) is 29.2 Å². The molecule has 1 aromatic heterocycles. The zero-order valence-electron chi connectivity index (χ0n) is 27.2. The number of ether oxygens (including phenoxy) is 2. The molecule has 1 fully saturated rings. The summed E-state index contributed by atoms with van der Waals surface area (Å²) in [6.45, 7) is 2.16. The monoisotopic (exact) mass is 691 g/mol. The minimum atomic E-state index is -3.96. The molecule has 2 bridgehead atoms. The molecule has 1 saturated carbocycles. The summed E-state index contributed by atoms with van der Waals surface area (Å²) in [6, 6.07) is 11.2. The van der Waals surface area contributed by atoms with Crippen molar-refractivity contribution >= 4 is 33.2 Å². The van der Waals surface area contributed by atoms with Crippen LogP contribution in [0.3, 0.4) is 0 Å². The SMILES string of the molecule is Cn1cnc(CO[C@H]2/C=C/CC3=CCC[C@H]3S(=O)(=O)NC(=O)c3ccc4c(c3)N(CCCCc3cc(Cl)ccc3CO4)C[C@@H]3CC[C@H]32)n1. The molecule has 3 heterocycles. The van der Waals surface area contributed by atoms with Crippen molar-refractivity contribution < 1.29 is 22.7 Å². The summed E-state index contributed by atoms with van der Waals surface area (Å²) in [5, 5.41) is 4.35. The van der Waals surface area contributed by atoms with E-state index in [4.69, 9.17) is 21.1 Å². The molecule has 1 N–H and O–H groups in total. The standard InChI is InChI=1S/C36H42ClN5O5S/c1-41-23-38-35(39-41)22-47-32-9-4-7-24-8-5-10-34(24)48(44,45)40-36(43)26-13-16-33-31(19-26)42(20-27-12-15-30(27)32)17-3-2-6-25-18-29(37)14-11-28(25)21-46-33/h4,8-9,11,13-14,16,18-19,23,27,30,32,34H,2-3,5-7,10,12,15,17,20-22H2,1H3,(H,40,43)/b9-4+/t27-,30+,32-,34+/m0/s1. The second-order valence-corrected chi connectivity index (χ2v) is 15.7. The Labute approximate surface area is 287 Å². The molecule has 0 saturated heterocycles. The maximum atomic E-state index is 13.6. The number of nitrogens with zero attached hydrogens (tertiary/aromatic N) is 4. The quantitative estimate of drug-likeness (QED) is 0.337. The third-order valence-electron chi connectivity index (χ3n) is 10.2. The molecule has 48 heavy (non-hydrogen) atoms. The predicted octanol–water partition coefficient (Wildman–Crippen LogP) is 5.91. The summed E-state index contributed by atoms with van der Waals surface area (Å²) in [4.78, 5) is 20.2. The van der Waals surface area contributed by atoms with E-state index in [1.807, 2.05) is 37.4 Å². The molecule has 12 heteroatoms. The van der Waals surface area contributed by atoms with Crippen molar-refractivity contribution in [2.45, 2.75) is 75.9 Å². The largest absolute Gasteiger partial charge is 0.487 e. The molecular weight excluding hydrogens is 650 g/mol. The Morgan fingerprint density at radius 2 is 2.00 bits per heavy atom. The van der Waals surface area contributed by atoms with E-state index in [9.17, 15) is 13.2 Å². The van der Waals surface area contributed by atoms with Crippen molar-refractivity contribution in [2.75, 3.05) is 18.0 Å². The van der Waals surface area contributed by atoms with E-state index >= 15 is 0 Å². The second-order valence-electron chi connectivity index (χ2n) is 13.4. The number of carbonyl (C=O) groups excluding carboxylic acids is 1. The Morgan fingerprint density at radius 3 is 2.81 bits per heavy atom. The van der Waals surface area contributed by atoms with E-state index in [2.05, 4.69) is 25.8 Å². The summed E-state index contributed by atoms with van der Waals surface area (Å²) in [6.07, 6.45) is 14.0. The van der Waals surface area contributed by atoms with Crippen molar-refractivity contribution in [3.05, 3.63) is 94.1 Å². The van der Waals surface area contributed by atoms with Gasteiger partial charge in [-0.15, -0.1) is 0 Å². The number of hydrogen-bond acceptors (Lipinski definition) is 8. The number of amides is 1. The Balaban J connectivity index is 1.25. The summed E-state index contributed by atoms with van der Waals surface area (Å²) in [7, 11) is -2.12. The first kappa shape index (κ1) is 32.9. The fourth-order valence-corrected chi connectivity index (χ4v) is 9.21.